The Hall–Kier alpha value is -3.93. The molecule has 0 spiro atoms. The highest BCUT2D eigenvalue weighted by Gasteiger charge is 2.17. The highest BCUT2D eigenvalue weighted by atomic mass is 16.5. The first kappa shape index (κ1) is 25.7. The summed E-state index contributed by atoms with van der Waals surface area (Å²) in [6.07, 6.45) is 0. The van der Waals surface area contributed by atoms with Crippen molar-refractivity contribution < 1.29 is 19.1 Å². The van der Waals surface area contributed by atoms with Gasteiger partial charge in [0.15, 0.2) is 6.61 Å². The predicted molar refractivity (Wildman–Crippen MR) is 138 cm³/mol. The number of hydrogen-bond donors (Lipinski definition) is 2. The van der Waals surface area contributed by atoms with Crippen molar-refractivity contribution in [3.05, 3.63) is 89.5 Å². The van der Waals surface area contributed by atoms with E-state index < -0.39 is 24.4 Å². The van der Waals surface area contributed by atoms with E-state index >= 15 is 0 Å². The van der Waals surface area contributed by atoms with Gasteiger partial charge in [-0.1, -0.05) is 88.4 Å². The van der Waals surface area contributed by atoms with Gasteiger partial charge in [-0.2, -0.15) is 0 Å². The van der Waals surface area contributed by atoms with Crippen LogP contribution in [0.25, 0.3) is 11.1 Å². The lowest BCUT2D eigenvalue weighted by Gasteiger charge is -2.20. The van der Waals surface area contributed by atoms with Crippen LogP contribution in [-0.2, 0) is 14.3 Å². The van der Waals surface area contributed by atoms with E-state index in [1.165, 1.54) is 0 Å². The minimum absolute atomic E-state index is 0.225. The standard InChI is InChI=1S/C29H32N2O4/c1-19(2)24-11-8-12-25(20(3)4)28(24)31-26(32)18-35-27(33)17-30-29(34)23-15-13-22(14-16-23)21-9-6-5-7-10-21/h5-16,19-20H,17-18H2,1-4H3,(H,30,34)(H,31,32). The second-order valence-electron chi connectivity index (χ2n) is 8.96. The number of hydrogen-bond acceptors (Lipinski definition) is 4. The number of para-hydroxylation sites is 1. The third-order valence-corrected chi connectivity index (χ3v) is 5.65. The number of carbonyl (C=O) groups excluding carboxylic acids is 3. The number of carbonyl (C=O) groups is 3. The molecule has 0 aliphatic carbocycles. The average Bonchev–Trinajstić information content (AvgIpc) is 2.86. The molecule has 3 aromatic rings. The molecule has 3 rings (SSSR count). The van der Waals surface area contributed by atoms with Crippen LogP contribution in [0.5, 0.6) is 0 Å². The van der Waals surface area contributed by atoms with Crippen LogP contribution in [0.2, 0.25) is 0 Å². The summed E-state index contributed by atoms with van der Waals surface area (Å²) in [5.74, 6) is -1.04. The summed E-state index contributed by atoms with van der Waals surface area (Å²) in [5, 5.41) is 5.44. The van der Waals surface area contributed by atoms with Crippen LogP contribution < -0.4 is 10.6 Å². The highest BCUT2D eigenvalue weighted by Crippen LogP contribution is 2.32. The number of ether oxygens (including phenoxy) is 1. The van der Waals surface area contributed by atoms with Gasteiger partial charge in [0.05, 0.1) is 0 Å². The molecule has 2 N–H and O–H groups in total. The second kappa shape index (κ2) is 12.0. The van der Waals surface area contributed by atoms with E-state index in [0.717, 1.165) is 27.9 Å². The molecule has 2 amide bonds. The molecule has 35 heavy (non-hydrogen) atoms. The number of anilines is 1. The third kappa shape index (κ3) is 7.03. The molecule has 0 saturated heterocycles. The van der Waals surface area contributed by atoms with Crippen LogP contribution in [0.1, 0.15) is 61.0 Å². The normalized spacial score (nSPS) is 10.8. The summed E-state index contributed by atoms with van der Waals surface area (Å²) in [6, 6.07) is 22.9. The van der Waals surface area contributed by atoms with Gasteiger partial charge in [0.25, 0.3) is 11.8 Å². The maximum atomic E-state index is 12.5. The van der Waals surface area contributed by atoms with E-state index in [1.54, 1.807) is 12.1 Å². The van der Waals surface area contributed by atoms with Gasteiger partial charge in [0, 0.05) is 11.3 Å². The van der Waals surface area contributed by atoms with Crippen molar-refractivity contribution in [2.45, 2.75) is 39.5 Å². The summed E-state index contributed by atoms with van der Waals surface area (Å²) in [4.78, 5) is 37.0. The summed E-state index contributed by atoms with van der Waals surface area (Å²) in [5.41, 5.74) is 5.31. The minimum atomic E-state index is -0.685. The van der Waals surface area contributed by atoms with E-state index in [0.29, 0.717) is 5.56 Å². The molecule has 0 aliphatic rings. The van der Waals surface area contributed by atoms with Gasteiger partial charge in [-0.3, -0.25) is 14.4 Å². The fraction of sp³-hybridized carbons (Fsp3) is 0.276. The second-order valence-corrected chi connectivity index (χ2v) is 8.96. The third-order valence-electron chi connectivity index (χ3n) is 5.65. The Labute approximate surface area is 206 Å². The molecule has 182 valence electrons. The Morgan fingerprint density at radius 3 is 1.89 bits per heavy atom. The zero-order valence-electron chi connectivity index (χ0n) is 20.6. The molecule has 0 bridgehead atoms. The molecule has 0 aliphatic heterocycles. The Kier molecular flexibility index (Phi) is 8.79. The van der Waals surface area contributed by atoms with Crippen molar-refractivity contribution in [1.82, 2.24) is 5.32 Å². The molecule has 6 nitrogen and oxygen atoms in total. The maximum Gasteiger partial charge on any atom is 0.325 e. The molecule has 6 heteroatoms. The minimum Gasteiger partial charge on any atom is -0.454 e. The Morgan fingerprint density at radius 2 is 1.31 bits per heavy atom. The fourth-order valence-electron chi connectivity index (χ4n) is 3.77. The molecule has 0 fully saturated rings. The van der Waals surface area contributed by atoms with Crippen LogP contribution >= 0.6 is 0 Å². The first-order valence-electron chi connectivity index (χ1n) is 11.8. The number of nitrogens with one attached hydrogen (secondary N) is 2. The lowest BCUT2D eigenvalue weighted by Crippen LogP contribution is -2.32. The van der Waals surface area contributed by atoms with Crippen LogP contribution in [-0.4, -0.2) is 30.9 Å². The first-order chi connectivity index (χ1) is 16.8. The predicted octanol–water partition coefficient (Wildman–Crippen LogP) is 5.51. The highest BCUT2D eigenvalue weighted by molar-refractivity contribution is 5.97. The zero-order valence-corrected chi connectivity index (χ0v) is 20.6. The smallest absolute Gasteiger partial charge is 0.325 e. The molecular formula is C29H32N2O4. The monoisotopic (exact) mass is 472 g/mol. The van der Waals surface area contributed by atoms with Gasteiger partial charge in [0.1, 0.15) is 6.54 Å². The molecular weight excluding hydrogens is 440 g/mol. The van der Waals surface area contributed by atoms with Crippen molar-refractivity contribution in [2.75, 3.05) is 18.5 Å². The number of esters is 1. The molecule has 3 aromatic carbocycles. The first-order valence-corrected chi connectivity index (χ1v) is 11.8. The van der Waals surface area contributed by atoms with Crippen LogP contribution in [0.15, 0.2) is 72.8 Å². The average molecular weight is 473 g/mol. The number of rotatable bonds is 9. The molecule has 0 heterocycles. The Balaban J connectivity index is 1.50. The van der Waals surface area contributed by atoms with Gasteiger partial charge in [-0.15, -0.1) is 0 Å². The maximum absolute atomic E-state index is 12.5. The van der Waals surface area contributed by atoms with Crippen molar-refractivity contribution in [3.63, 3.8) is 0 Å². The van der Waals surface area contributed by atoms with E-state index in [-0.39, 0.29) is 18.4 Å². The topological polar surface area (TPSA) is 84.5 Å². The molecule has 0 saturated carbocycles. The van der Waals surface area contributed by atoms with E-state index in [4.69, 9.17) is 4.74 Å². The lowest BCUT2D eigenvalue weighted by atomic mass is 9.92. The largest absolute Gasteiger partial charge is 0.454 e. The summed E-state index contributed by atoms with van der Waals surface area (Å²) in [6.45, 7) is 7.50. The molecule has 0 aromatic heterocycles. The summed E-state index contributed by atoms with van der Waals surface area (Å²) >= 11 is 0. The summed E-state index contributed by atoms with van der Waals surface area (Å²) < 4.78 is 5.07. The van der Waals surface area contributed by atoms with Gasteiger partial charge in [-0.05, 0) is 46.2 Å². The van der Waals surface area contributed by atoms with Crippen molar-refractivity contribution in [2.24, 2.45) is 0 Å². The molecule has 0 unspecified atom stereocenters. The quantitative estimate of drug-likeness (QED) is 0.402. The SMILES string of the molecule is CC(C)c1cccc(C(C)C)c1NC(=O)COC(=O)CNC(=O)c1ccc(-c2ccccc2)cc1. The van der Waals surface area contributed by atoms with Crippen LogP contribution in [0, 0.1) is 0 Å². The van der Waals surface area contributed by atoms with Gasteiger partial charge in [-0.25, -0.2) is 0 Å². The Bertz CT molecular complexity index is 1140. The van der Waals surface area contributed by atoms with Crippen molar-refractivity contribution in [1.29, 1.82) is 0 Å². The number of benzene rings is 3. The Morgan fingerprint density at radius 1 is 0.743 bits per heavy atom. The van der Waals surface area contributed by atoms with Gasteiger partial charge in [0.2, 0.25) is 0 Å². The van der Waals surface area contributed by atoms with Gasteiger partial charge >= 0.3 is 5.97 Å². The molecule has 0 atom stereocenters. The van der Waals surface area contributed by atoms with Crippen molar-refractivity contribution >= 4 is 23.5 Å². The lowest BCUT2D eigenvalue weighted by molar-refractivity contribution is -0.146. The zero-order chi connectivity index (χ0) is 25.4. The van der Waals surface area contributed by atoms with E-state index in [9.17, 15) is 14.4 Å². The van der Waals surface area contributed by atoms with Gasteiger partial charge < -0.3 is 15.4 Å². The van der Waals surface area contributed by atoms with E-state index in [2.05, 4.69) is 38.3 Å². The van der Waals surface area contributed by atoms with Crippen LogP contribution in [0.4, 0.5) is 5.69 Å². The summed E-state index contributed by atoms with van der Waals surface area (Å²) in [7, 11) is 0. The fourth-order valence-corrected chi connectivity index (χ4v) is 3.77. The van der Waals surface area contributed by atoms with Crippen LogP contribution in [0.3, 0.4) is 0 Å². The van der Waals surface area contributed by atoms with E-state index in [1.807, 2.05) is 60.7 Å². The molecule has 0 radical (unpaired) electrons. The number of amides is 2. The van der Waals surface area contributed by atoms with Crippen molar-refractivity contribution in [3.8, 4) is 11.1 Å².